The Bertz CT molecular complexity index is 1270. The second kappa shape index (κ2) is 12.0. The summed E-state index contributed by atoms with van der Waals surface area (Å²) in [7, 11) is -2.04. The Hall–Kier alpha value is -3.51. The first-order valence-corrected chi connectivity index (χ1v) is 12.3. The van der Waals surface area contributed by atoms with Gasteiger partial charge in [0.05, 0.1) is 27.2 Å². The lowest BCUT2D eigenvalue weighted by Crippen LogP contribution is -2.39. The van der Waals surface area contributed by atoms with E-state index in [2.05, 4.69) is 19.5 Å². The molecule has 194 valence electrons. The number of esters is 2. The second-order valence-corrected chi connectivity index (χ2v) is 9.31. The predicted octanol–water partition coefficient (Wildman–Crippen LogP) is 1.20. The van der Waals surface area contributed by atoms with Gasteiger partial charge in [-0.1, -0.05) is 24.3 Å². The Morgan fingerprint density at radius 1 is 1.17 bits per heavy atom. The van der Waals surface area contributed by atoms with Crippen LogP contribution in [0.1, 0.15) is 18.2 Å². The fourth-order valence-electron chi connectivity index (χ4n) is 3.16. The highest BCUT2D eigenvalue weighted by Crippen LogP contribution is 2.45. The molecule has 0 saturated heterocycles. The summed E-state index contributed by atoms with van der Waals surface area (Å²) in [4.78, 5) is 49.9. The van der Waals surface area contributed by atoms with E-state index in [1.807, 2.05) is 0 Å². The number of rotatable bonds is 11. The van der Waals surface area contributed by atoms with Gasteiger partial charge < -0.3 is 18.7 Å². The zero-order valence-corrected chi connectivity index (χ0v) is 20.6. The van der Waals surface area contributed by atoms with Gasteiger partial charge in [0.15, 0.2) is 6.23 Å². The predicted molar refractivity (Wildman–Crippen MR) is 125 cm³/mol. The van der Waals surface area contributed by atoms with Gasteiger partial charge in [0.2, 0.25) is 0 Å². The van der Waals surface area contributed by atoms with Crippen molar-refractivity contribution in [1.29, 1.82) is 0 Å². The summed E-state index contributed by atoms with van der Waals surface area (Å²) in [6.07, 6.45) is 2.41. The molecule has 0 radical (unpaired) electrons. The van der Waals surface area contributed by atoms with Crippen LogP contribution in [0.5, 0.6) is 5.75 Å². The van der Waals surface area contributed by atoms with Gasteiger partial charge in [-0.05, 0) is 25.1 Å². The number of hydrogen-bond acceptors (Lipinski definition) is 10. The number of aromatic nitrogens is 2. The van der Waals surface area contributed by atoms with Crippen LogP contribution in [0.4, 0.5) is 0 Å². The SMILES string of the molecule is COC(=O)C[C@H](NP(=O)(OC[C@@H]1C=C[C@H](n2cc(C)c(=O)[nH]c2=O)O1)Oc1ccccc1)C(=O)OC. The molecule has 1 aliphatic heterocycles. The summed E-state index contributed by atoms with van der Waals surface area (Å²) in [5.74, 6) is -1.47. The van der Waals surface area contributed by atoms with E-state index >= 15 is 0 Å². The average Bonchev–Trinajstić information content (AvgIpc) is 3.33. The minimum absolute atomic E-state index is 0.172. The number of nitrogens with zero attached hydrogens (tertiary/aromatic N) is 1. The molecule has 1 unspecified atom stereocenters. The first-order valence-electron chi connectivity index (χ1n) is 10.7. The van der Waals surface area contributed by atoms with Gasteiger partial charge in [-0.25, -0.2) is 9.36 Å². The second-order valence-electron chi connectivity index (χ2n) is 7.61. The molecule has 2 heterocycles. The van der Waals surface area contributed by atoms with Crippen molar-refractivity contribution in [3.8, 4) is 5.75 Å². The number of benzene rings is 1. The van der Waals surface area contributed by atoms with Gasteiger partial charge in [-0.15, -0.1) is 0 Å². The first-order chi connectivity index (χ1) is 17.1. The molecule has 1 aliphatic rings. The third-order valence-corrected chi connectivity index (χ3v) is 6.57. The molecule has 13 nitrogen and oxygen atoms in total. The van der Waals surface area contributed by atoms with E-state index in [-0.39, 0.29) is 12.4 Å². The molecule has 3 rings (SSSR count). The van der Waals surface area contributed by atoms with Crippen LogP contribution < -0.4 is 20.9 Å². The van der Waals surface area contributed by atoms with Crippen molar-refractivity contribution in [3.05, 3.63) is 75.1 Å². The standard InChI is InChI=1S/C22H26N3O10P/c1-14-12-25(22(29)23-20(14)27)18-10-9-16(34-18)13-33-36(30,35-15-7-5-4-6-8-15)24-17(21(28)32-3)11-19(26)31-2/h4-10,12,16-18H,11,13H2,1-3H3,(H,24,30)(H,23,27,29)/t16-,17-,18+,36?/m0/s1. The monoisotopic (exact) mass is 523 g/mol. The number of aryl methyl sites for hydroxylation is 1. The zero-order chi connectivity index (χ0) is 26.3. The molecule has 0 spiro atoms. The molecule has 4 atom stereocenters. The highest BCUT2D eigenvalue weighted by atomic mass is 31.2. The van der Waals surface area contributed by atoms with Crippen LogP contribution in [0.2, 0.25) is 0 Å². The number of para-hydroxylation sites is 1. The minimum atomic E-state index is -4.29. The van der Waals surface area contributed by atoms with Crippen LogP contribution >= 0.6 is 7.75 Å². The lowest BCUT2D eigenvalue weighted by Gasteiger charge is -2.25. The molecule has 0 bridgehead atoms. The number of aromatic amines is 1. The number of ether oxygens (including phenoxy) is 3. The smallest absolute Gasteiger partial charge is 0.459 e. The molecule has 0 fully saturated rings. The highest BCUT2D eigenvalue weighted by molar-refractivity contribution is 7.52. The Kier molecular flexibility index (Phi) is 8.99. The number of hydrogen-bond donors (Lipinski definition) is 2. The van der Waals surface area contributed by atoms with Gasteiger partial charge >= 0.3 is 25.4 Å². The van der Waals surface area contributed by atoms with Crippen LogP contribution in [0.3, 0.4) is 0 Å². The van der Waals surface area contributed by atoms with Crippen molar-refractivity contribution in [2.75, 3.05) is 20.8 Å². The Morgan fingerprint density at radius 2 is 1.89 bits per heavy atom. The van der Waals surface area contributed by atoms with Gasteiger partial charge in [0.1, 0.15) is 17.9 Å². The maximum atomic E-state index is 13.6. The van der Waals surface area contributed by atoms with Crippen molar-refractivity contribution in [3.63, 3.8) is 0 Å². The maximum absolute atomic E-state index is 13.6. The average molecular weight is 523 g/mol. The van der Waals surface area contributed by atoms with E-state index in [0.29, 0.717) is 5.56 Å². The zero-order valence-electron chi connectivity index (χ0n) is 19.7. The van der Waals surface area contributed by atoms with Crippen molar-refractivity contribution < 1.29 is 37.4 Å². The summed E-state index contributed by atoms with van der Waals surface area (Å²) >= 11 is 0. The normalized spacial score (nSPS) is 19.3. The number of methoxy groups -OCH3 is 2. The van der Waals surface area contributed by atoms with Crippen LogP contribution in [0.15, 0.2) is 58.3 Å². The summed E-state index contributed by atoms with van der Waals surface area (Å²) in [6.45, 7) is 1.23. The molecule has 0 aliphatic carbocycles. The number of H-pyrrole nitrogens is 1. The molecule has 36 heavy (non-hydrogen) atoms. The third kappa shape index (κ3) is 7.01. The molecule has 0 amide bonds. The number of carbonyl (C=O) groups is 2. The van der Waals surface area contributed by atoms with Crippen molar-refractivity contribution in [2.24, 2.45) is 0 Å². The van der Waals surface area contributed by atoms with E-state index in [0.717, 1.165) is 14.2 Å². The Labute approximate surface area is 205 Å². The van der Waals surface area contributed by atoms with Crippen LogP contribution in [-0.4, -0.2) is 54.5 Å². The van der Waals surface area contributed by atoms with E-state index in [1.165, 1.54) is 22.9 Å². The van der Waals surface area contributed by atoms with E-state index in [1.54, 1.807) is 37.3 Å². The molecule has 1 aromatic heterocycles. The van der Waals surface area contributed by atoms with Gasteiger partial charge in [0, 0.05) is 11.8 Å². The molecular formula is C22H26N3O10P. The van der Waals surface area contributed by atoms with Crippen LogP contribution in [0.25, 0.3) is 0 Å². The molecule has 0 saturated carbocycles. The Balaban J connectivity index is 1.75. The lowest BCUT2D eigenvalue weighted by atomic mass is 10.2. The summed E-state index contributed by atoms with van der Waals surface area (Å²) < 4.78 is 41.0. The molecule has 2 aromatic rings. The minimum Gasteiger partial charge on any atom is -0.469 e. The largest absolute Gasteiger partial charge is 0.469 e. The van der Waals surface area contributed by atoms with E-state index in [4.69, 9.17) is 13.8 Å². The summed E-state index contributed by atoms with van der Waals surface area (Å²) in [6, 6.07) is 6.66. The fourth-order valence-corrected chi connectivity index (χ4v) is 4.66. The van der Waals surface area contributed by atoms with Crippen molar-refractivity contribution >= 4 is 19.7 Å². The quantitative estimate of drug-likeness (QED) is 0.247. The third-order valence-electron chi connectivity index (χ3n) is 5.00. The molecule has 2 N–H and O–H groups in total. The summed E-state index contributed by atoms with van der Waals surface area (Å²) in [5, 5.41) is 2.45. The molecule has 1 aromatic carbocycles. The van der Waals surface area contributed by atoms with E-state index in [9.17, 15) is 23.7 Å². The van der Waals surface area contributed by atoms with Gasteiger partial charge in [0.25, 0.3) is 5.56 Å². The summed E-state index contributed by atoms with van der Waals surface area (Å²) in [5.41, 5.74) is -0.851. The topological polar surface area (TPSA) is 164 Å². The lowest BCUT2D eigenvalue weighted by molar-refractivity contribution is -0.149. The Morgan fingerprint density at radius 3 is 2.56 bits per heavy atom. The van der Waals surface area contributed by atoms with Crippen molar-refractivity contribution in [1.82, 2.24) is 14.6 Å². The van der Waals surface area contributed by atoms with Gasteiger partial charge in [-0.3, -0.25) is 28.5 Å². The maximum Gasteiger partial charge on any atom is 0.459 e. The molecule has 14 heteroatoms. The highest BCUT2D eigenvalue weighted by Gasteiger charge is 2.37. The fraction of sp³-hybridized carbons (Fsp3) is 0.364. The number of nitrogens with one attached hydrogen (secondary N) is 2. The van der Waals surface area contributed by atoms with E-state index < -0.39 is 55.7 Å². The van der Waals surface area contributed by atoms with Gasteiger partial charge in [-0.2, -0.15) is 5.09 Å². The number of carbonyl (C=O) groups excluding carboxylic acids is 2. The van der Waals surface area contributed by atoms with Crippen LogP contribution in [-0.2, 0) is 32.9 Å². The molecular weight excluding hydrogens is 497 g/mol. The van der Waals surface area contributed by atoms with Crippen molar-refractivity contribution in [2.45, 2.75) is 31.7 Å². The van der Waals surface area contributed by atoms with Crippen LogP contribution in [0, 0.1) is 6.92 Å². The first kappa shape index (κ1) is 27.1.